The second-order valence-corrected chi connectivity index (χ2v) is 6.17. The van der Waals surface area contributed by atoms with Crippen molar-refractivity contribution in [3.05, 3.63) is 47.6 Å². The highest BCUT2D eigenvalue weighted by molar-refractivity contribution is 7.98. The standard InChI is InChI=1S/C15H21N3O2S/c1-15(19,11-21-2)10-16-9-14-17-13(18-20-14)8-12-6-4-3-5-7-12/h3-7,16,19H,8-11H2,1-2H3. The van der Waals surface area contributed by atoms with E-state index in [0.29, 0.717) is 37.0 Å². The van der Waals surface area contributed by atoms with E-state index in [1.54, 1.807) is 11.8 Å². The lowest BCUT2D eigenvalue weighted by Crippen LogP contribution is -2.39. The number of nitrogens with one attached hydrogen (secondary N) is 1. The Hall–Kier alpha value is -1.37. The fraction of sp³-hybridized carbons (Fsp3) is 0.467. The van der Waals surface area contributed by atoms with Gasteiger partial charge in [0.2, 0.25) is 5.89 Å². The Bertz CT molecular complexity index is 543. The van der Waals surface area contributed by atoms with E-state index in [4.69, 9.17) is 4.52 Å². The molecule has 2 rings (SSSR count). The van der Waals surface area contributed by atoms with Crippen molar-refractivity contribution >= 4 is 11.8 Å². The molecule has 5 nitrogen and oxygen atoms in total. The molecular formula is C15H21N3O2S. The Kier molecular flexibility index (Phi) is 5.78. The van der Waals surface area contributed by atoms with Crippen LogP contribution < -0.4 is 5.32 Å². The molecule has 6 heteroatoms. The van der Waals surface area contributed by atoms with Gasteiger partial charge in [-0.05, 0) is 18.7 Å². The lowest BCUT2D eigenvalue weighted by molar-refractivity contribution is 0.0837. The quantitative estimate of drug-likeness (QED) is 0.776. The fourth-order valence-corrected chi connectivity index (χ4v) is 2.74. The van der Waals surface area contributed by atoms with Gasteiger partial charge in [0, 0.05) is 18.7 Å². The molecule has 0 radical (unpaired) electrons. The van der Waals surface area contributed by atoms with E-state index in [0.717, 1.165) is 5.56 Å². The van der Waals surface area contributed by atoms with Crippen LogP contribution in [-0.2, 0) is 13.0 Å². The number of hydrogen-bond acceptors (Lipinski definition) is 6. The summed E-state index contributed by atoms with van der Waals surface area (Å²) in [4.78, 5) is 4.34. The smallest absolute Gasteiger partial charge is 0.240 e. The van der Waals surface area contributed by atoms with Gasteiger partial charge < -0.3 is 14.9 Å². The molecule has 0 aliphatic carbocycles. The van der Waals surface area contributed by atoms with Crippen LogP contribution in [0.5, 0.6) is 0 Å². The summed E-state index contributed by atoms with van der Waals surface area (Å²) in [5.41, 5.74) is 0.424. The van der Waals surface area contributed by atoms with Crippen molar-refractivity contribution in [3.8, 4) is 0 Å². The Balaban J connectivity index is 1.81. The molecule has 0 spiro atoms. The van der Waals surface area contributed by atoms with E-state index in [-0.39, 0.29) is 0 Å². The minimum atomic E-state index is -0.730. The van der Waals surface area contributed by atoms with Gasteiger partial charge in [-0.1, -0.05) is 35.5 Å². The minimum Gasteiger partial charge on any atom is -0.388 e. The van der Waals surface area contributed by atoms with Crippen LogP contribution in [0, 0.1) is 0 Å². The van der Waals surface area contributed by atoms with E-state index in [1.807, 2.05) is 43.5 Å². The summed E-state index contributed by atoms with van der Waals surface area (Å²) in [5.74, 6) is 1.90. The maximum atomic E-state index is 10.0. The predicted molar refractivity (Wildman–Crippen MR) is 84.3 cm³/mol. The van der Waals surface area contributed by atoms with Crippen LogP contribution in [0.4, 0.5) is 0 Å². The number of thioether (sulfide) groups is 1. The monoisotopic (exact) mass is 307 g/mol. The largest absolute Gasteiger partial charge is 0.388 e. The molecule has 21 heavy (non-hydrogen) atoms. The van der Waals surface area contributed by atoms with Gasteiger partial charge in [-0.2, -0.15) is 16.7 Å². The first kappa shape index (κ1) is 16.0. The minimum absolute atomic E-state index is 0.465. The maximum absolute atomic E-state index is 10.0. The van der Waals surface area contributed by atoms with Crippen LogP contribution in [0.3, 0.4) is 0 Å². The van der Waals surface area contributed by atoms with Crippen molar-refractivity contribution in [2.24, 2.45) is 0 Å². The normalized spacial score (nSPS) is 14.0. The summed E-state index contributed by atoms with van der Waals surface area (Å²) < 4.78 is 5.20. The van der Waals surface area contributed by atoms with Gasteiger partial charge in [0.05, 0.1) is 12.1 Å². The molecule has 2 aromatic rings. The predicted octanol–water partition coefficient (Wildman–Crippen LogP) is 1.86. The zero-order chi connectivity index (χ0) is 15.1. The Labute approximate surface area is 129 Å². The van der Waals surface area contributed by atoms with Crippen LogP contribution in [0.1, 0.15) is 24.2 Å². The van der Waals surface area contributed by atoms with Crippen LogP contribution in [0.25, 0.3) is 0 Å². The van der Waals surface area contributed by atoms with Crippen molar-refractivity contribution in [2.75, 3.05) is 18.6 Å². The third-order valence-electron chi connectivity index (χ3n) is 2.95. The molecule has 114 valence electrons. The highest BCUT2D eigenvalue weighted by Gasteiger charge is 2.19. The van der Waals surface area contributed by atoms with Gasteiger partial charge in [0.15, 0.2) is 5.82 Å². The molecule has 1 atom stereocenters. The van der Waals surface area contributed by atoms with E-state index in [9.17, 15) is 5.11 Å². The Morgan fingerprint density at radius 2 is 2.10 bits per heavy atom. The van der Waals surface area contributed by atoms with E-state index < -0.39 is 5.60 Å². The molecule has 0 saturated heterocycles. The van der Waals surface area contributed by atoms with Crippen LogP contribution in [0.15, 0.2) is 34.9 Å². The van der Waals surface area contributed by atoms with E-state index in [2.05, 4.69) is 15.5 Å². The molecule has 2 N–H and O–H groups in total. The van der Waals surface area contributed by atoms with Crippen molar-refractivity contribution in [3.63, 3.8) is 0 Å². The van der Waals surface area contributed by atoms with Crippen LogP contribution in [0.2, 0.25) is 0 Å². The summed E-state index contributed by atoms with van der Waals surface area (Å²) in [5, 5.41) is 17.2. The third kappa shape index (κ3) is 5.49. The summed E-state index contributed by atoms with van der Waals surface area (Å²) >= 11 is 1.62. The van der Waals surface area contributed by atoms with Gasteiger partial charge in [-0.3, -0.25) is 0 Å². The van der Waals surface area contributed by atoms with Gasteiger partial charge in [-0.15, -0.1) is 0 Å². The molecule has 0 bridgehead atoms. The molecule has 1 unspecified atom stereocenters. The van der Waals surface area contributed by atoms with Crippen molar-refractivity contribution in [1.29, 1.82) is 0 Å². The van der Waals surface area contributed by atoms with Crippen molar-refractivity contribution < 1.29 is 9.63 Å². The number of rotatable bonds is 8. The topological polar surface area (TPSA) is 71.2 Å². The van der Waals surface area contributed by atoms with Crippen LogP contribution in [-0.4, -0.2) is 39.4 Å². The van der Waals surface area contributed by atoms with Gasteiger partial charge in [0.1, 0.15) is 0 Å². The van der Waals surface area contributed by atoms with E-state index in [1.165, 1.54) is 0 Å². The SMILES string of the molecule is CSCC(C)(O)CNCc1nc(Cc2ccccc2)no1. The zero-order valence-electron chi connectivity index (χ0n) is 12.4. The van der Waals surface area contributed by atoms with Crippen molar-refractivity contribution in [2.45, 2.75) is 25.5 Å². The average molecular weight is 307 g/mol. The number of aliphatic hydroxyl groups is 1. The summed E-state index contributed by atoms with van der Waals surface area (Å²) in [6.45, 7) is 2.77. The molecule has 0 aliphatic heterocycles. The van der Waals surface area contributed by atoms with Crippen molar-refractivity contribution in [1.82, 2.24) is 15.5 Å². The average Bonchev–Trinajstić information content (AvgIpc) is 2.87. The molecule has 0 amide bonds. The molecule has 0 fully saturated rings. The Morgan fingerprint density at radius 3 is 2.81 bits per heavy atom. The second-order valence-electron chi connectivity index (χ2n) is 5.30. The van der Waals surface area contributed by atoms with Gasteiger partial charge in [0.25, 0.3) is 0 Å². The summed E-state index contributed by atoms with van der Waals surface area (Å²) in [7, 11) is 0. The lowest BCUT2D eigenvalue weighted by atomic mass is 10.1. The first-order valence-electron chi connectivity index (χ1n) is 6.86. The number of nitrogens with zero attached hydrogens (tertiary/aromatic N) is 2. The zero-order valence-corrected chi connectivity index (χ0v) is 13.2. The summed E-state index contributed by atoms with van der Waals surface area (Å²) in [6.07, 6.45) is 2.64. The lowest BCUT2D eigenvalue weighted by Gasteiger charge is -2.21. The molecule has 1 aromatic heterocycles. The maximum Gasteiger partial charge on any atom is 0.240 e. The van der Waals surface area contributed by atoms with Crippen LogP contribution >= 0.6 is 11.8 Å². The summed E-state index contributed by atoms with van der Waals surface area (Å²) in [6, 6.07) is 10.0. The molecule has 0 saturated carbocycles. The number of hydrogen-bond donors (Lipinski definition) is 2. The number of aromatic nitrogens is 2. The molecule has 1 heterocycles. The highest BCUT2D eigenvalue weighted by atomic mass is 32.2. The highest BCUT2D eigenvalue weighted by Crippen LogP contribution is 2.10. The fourth-order valence-electron chi connectivity index (χ4n) is 2.01. The van der Waals surface area contributed by atoms with Gasteiger partial charge in [-0.25, -0.2) is 0 Å². The molecular weight excluding hydrogens is 286 g/mol. The first-order valence-corrected chi connectivity index (χ1v) is 8.26. The Morgan fingerprint density at radius 1 is 1.33 bits per heavy atom. The number of benzene rings is 1. The molecule has 1 aromatic carbocycles. The second kappa shape index (κ2) is 7.59. The third-order valence-corrected chi connectivity index (χ3v) is 3.86. The molecule has 0 aliphatic rings. The van der Waals surface area contributed by atoms with E-state index >= 15 is 0 Å². The van der Waals surface area contributed by atoms with Gasteiger partial charge >= 0.3 is 0 Å². The first-order chi connectivity index (χ1) is 10.1.